The number of carbonyl (C=O) groups excluding carboxylic acids is 1. The molecule has 2 aliphatic heterocycles. The van der Waals surface area contributed by atoms with Crippen LogP contribution in [-0.4, -0.2) is 22.1 Å². The third-order valence-corrected chi connectivity index (χ3v) is 7.48. The lowest BCUT2D eigenvalue weighted by Crippen LogP contribution is -2.56. The van der Waals surface area contributed by atoms with Crippen LogP contribution in [-0.2, 0) is 4.79 Å². The minimum atomic E-state index is -0.189. The zero-order chi connectivity index (χ0) is 18.7. The Labute approximate surface area is 166 Å². The van der Waals surface area contributed by atoms with Crippen LogP contribution in [0.2, 0.25) is 0 Å². The summed E-state index contributed by atoms with van der Waals surface area (Å²) in [5.74, 6) is 1.06. The maximum absolute atomic E-state index is 12.2. The molecule has 0 unspecified atom stereocenters. The topological polar surface area (TPSA) is 32.7 Å². The van der Waals surface area contributed by atoms with Crippen LogP contribution < -0.4 is 0 Å². The Bertz CT molecular complexity index is 968. The number of ketones is 1. The number of hydrogen-bond acceptors (Lipinski definition) is 3. The van der Waals surface area contributed by atoms with Gasteiger partial charge in [-0.25, -0.2) is 0 Å². The van der Waals surface area contributed by atoms with Gasteiger partial charge in [0.15, 0.2) is 5.78 Å². The minimum Gasteiger partial charge on any atom is -0.318 e. The number of benzene rings is 1. The molecule has 3 heteroatoms. The van der Waals surface area contributed by atoms with Crippen LogP contribution in [0.5, 0.6) is 0 Å². The molecule has 28 heavy (non-hydrogen) atoms. The Hall–Kier alpha value is -2.42. The Morgan fingerprint density at radius 1 is 1.00 bits per heavy atom. The van der Waals surface area contributed by atoms with Gasteiger partial charge in [-0.3, -0.25) is 9.79 Å². The van der Waals surface area contributed by atoms with E-state index in [9.17, 15) is 4.79 Å². The second kappa shape index (κ2) is 6.04. The van der Waals surface area contributed by atoms with Crippen molar-refractivity contribution in [3.63, 3.8) is 0 Å². The van der Waals surface area contributed by atoms with Crippen molar-refractivity contribution < 1.29 is 4.79 Å². The highest BCUT2D eigenvalue weighted by Gasteiger charge is 2.58. The summed E-state index contributed by atoms with van der Waals surface area (Å²) in [6.45, 7) is 0. The number of fused-ring (bicyclic) bond motifs is 3. The summed E-state index contributed by atoms with van der Waals surface area (Å²) in [6, 6.07) is 11.1. The summed E-state index contributed by atoms with van der Waals surface area (Å²) in [6.07, 6.45) is 15.1. The average molecular weight is 370 g/mol. The van der Waals surface area contributed by atoms with Gasteiger partial charge in [-0.1, -0.05) is 36.8 Å². The van der Waals surface area contributed by atoms with Crippen LogP contribution in [0.4, 0.5) is 0 Å². The average Bonchev–Trinajstić information content (AvgIpc) is 3.06. The molecule has 3 nitrogen and oxygen atoms in total. The molecule has 0 amide bonds. The summed E-state index contributed by atoms with van der Waals surface area (Å²) in [5.41, 5.74) is 6.47. The van der Waals surface area contributed by atoms with E-state index in [4.69, 9.17) is 4.99 Å². The normalized spacial score (nSPS) is 33.6. The van der Waals surface area contributed by atoms with Gasteiger partial charge < -0.3 is 4.90 Å². The Morgan fingerprint density at radius 3 is 2.75 bits per heavy atom. The number of nitrogens with zero attached hydrogens (tertiary/aromatic N) is 2. The fourth-order valence-corrected chi connectivity index (χ4v) is 6.48. The number of hydrogen-bond donors (Lipinski definition) is 0. The monoisotopic (exact) mass is 370 g/mol. The van der Waals surface area contributed by atoms with Crippen molar-refractivity contribution >= 4 is 11.5 Å². The molecule has 0 saturated heterocycles. The lowest BCUT2D eigenvalue weighted by molar-refractivity contribution is -0.110. The molecule has 142 valence electrons. The van der Waals surface area contributed by atoms with Gasteiger partial charge in [0.1, 0.15) is 5.66 Å². The van der Waals surface area contributed by atoms with Crippen LogP contribution >= 0.6 is 0 Å². The molecule has 0 aromatic heterocycles. The molecule has 0 radical (unpaired) electrons. The van der Waals surface area contributed by atoms with Crippen LogP contribution in [0.25, 0.3) is 0 Å². The van der Waals surface area contributed by atoms with Crippen LogP contribution in [0.15, 0.2) is 70.5 Å². The van der Waals surface area contributed by atoms with E-state index >= 15 is 0 Å². The first-order valence-corrected chi connectivity index (χ1v) is 10.9. The van der Waals surface area contributed by atoms with E-state index in [2.05, 4.69) is 35.2 Å². The number of rotatable bonds is 1. The van der Waals surface area contributed by atoms with Crippen LogP contribution in [0.3, 0.4) is 0 Å². The second-order valence-corrected chi connectivity index (χ2v) is 8.90. The summed E-state index contributed by atoms with van der Waals surface area (Å²) in [4.78, 5) is 20.2. The molecule has 6 rings (SSSR count). The van der Waals surface area contributed by atoms with Gasteiger partial charge in [-0.2, -0.15) is 0 Å². The summed E-state index contributed by atoms with van der Waals surface area (Å²) in [5, 5.41) is 0. The molecule has 1 saturated carbocycles. The van der Waals surface area contributed by atoms with Crippen molar-refractivity contribution in [2.24, 2.45) is 10.9 Å². The zero-order valence-electron chi connectivity index (χ0n) is 16.2. The quantitative estimate of drug-likeness (QED) is 0.630. The SMILES string of the molecule is O=C1C=CC2=N[C@@]34CCCC[C@@H]3[C@H](c3ccccc3)C3=C(CCCC3)N4C2=C1. The van der Waals surface area contributed by atoms with Gasteiger partial charge in [-0.05, 0) is 68.2 Å². The third-order valence-electron chi connectivity index (χ3n) is 7.48. The van der Waals surface area contributed by atoms with Gasteiger partial charge in [0, 0.05) is 23.6 Å². The molecule has 1 fully saturated rings. The van der Waals surface area contributed by atoms with Crippen molar-refractivity contribution in [2.45, 2.75) is 62.9 Å². The van der Waals surface area contributed by atoms with Crippen molar-refractivity contribution in [2.75, 3.05) is 0 Å². The van der Waals surface area contributed by atoms with Crippen molar-refractivity contribution in [3.05, 3.63) is 71.1 Å². The fourth-order valence-electron chi connectivity index (χ4n) is 6.48. The van der Waals surface area contributed by atoms with Crippen LogP contribution in [0.1, 0.15) is 62.8 Å². The van der Waals surface area contributed by atoms with Gasteiger partial charge in [-0.15, -0.1) is 0 Å². The minimum absolute atomic E-state index is 0.0986. The lowest BCUT2D eigenvalue weighted by atomic mass is 9.62. The van der Waals surface area contributed by atoms with E-state index in [0.717, 1.165) is 24.3 Å². The molecule has 0 bridgehead atoms. The van der Waals surface area contributed by atoms with E-state index in [1.165, 1.54) is 49.8 Å². The van der Waals surface area contributed by atoms with Crippen molar-refractivity contribution in [3.8, 4) is 0 Å². The van der Waals surface area contributed by atoms with Crippen molar-refractivity contribution in [1.82, 2.24) is 4.90 Å². The second-order valence-electron chi connectivity index (χ2n) is 8.90. The largest absolute Gasteiger partial charge is 0.318 e. The number of aliphatic imine (C=N–C) groups is 1. The standard InChI is InChI=1S/C25H26N2O/c28-18-13-14-21-23(16-18)27-22-12-5-4-10-19(22)24(17-8-2-1-3-9-17)20-11-6-7-15-25(20,27)26-21/h1-3,8-9,13-14,16,20,24H,4-7,10-12,15H2/t20-,24-,25-/m1/s1. The maximum Gasteiger partial charge on any atom is 0.180 e. The Balaban J connectivity index is 1.61. The molecule has 1 aromatic rings. The molecule has 5 aliphatic rings. The number of allylic oxidation sites excluding steroid dienone is 5. The molecule has 3 atom stereocenters. The third kappa shape index (κ3) is 2.16. The number of carbonyl (C=O) groups is 1. The summed E-state index contributed by atoms with van der Waals surface area (Å²) in [7, 11) is 0. The molecule has 0 N–H and O–H groups in total. The Kier molecular flexibility index (Phi) is 3.56. The smallest absolute Gasteiger partial charge is 0.180 e. The molecule has 3 aliphatic carbocycles. The molecule has 1 aromatic carbocycles. The van der Waals surface area contributed by atoms with Crippen molar-refractivity contribution in [1.29, 1.82) is 0 Å². The summed E-state index contributed by atoms with van der Waals surface area (Å²) < 4.78 is 0. The highest BCUT2D eigenvalue weighted by atomic mass is 16.1. The lowest BCUT2D eigenvalue weighted by Gasteiger charge is -2.56. The van der Waals surface area contributed by atoms with E-state index < -0.39 is 0 Å². The predicted octanol–water partition coefficient (Wildman–Crippen LogP) is 5.28. The van der Waals surface area contributed by atoms with Gasteiger partial charge in [0.2, 0.25) is 0 Å². The highest BCUT2D eigenvalue weighted by molar-refractivity contribution is 6.20. The predicted molar refractivity (Wildman–Crippen MR) is 111 cm³/mol. The first-order chi connectivity index (χ1) is 13.8. The van der Waals surface area contributed by atoms with E-state index in [-0.39, 0.29) is 11.4 Å². The van der Waals surface area contributed by atoms with Gasteiger partial charge in [0.05, 0.1) is 11.4 Å². The van der Waals surface area contributed by atoms with Gasteiger partial charge >= 0.3 is 0 Å². The first-order valence-electron chi connectivity index (χ1n) is 10.9. The highest BCUT2D eigenvalue weighted by Crippen LogP contribution is 2.60. The van der Waals surface area contributed by atoms with E-state index in [1.807, 2.05) is 12.2 Å². The van der Waals surface area contributed by atoms with E-state index in [0.29, 0.717) is 11.8 Å². The Morgan fingerprint density at radius 2 is 1.86 bits per heavy atom. The van der Waals surface area contributed by atoms with Crippen LogP contribution in [0, 0.1) is 5.92 Å². The molecular formula is C25H26N2O. The molecule has 2 heterocycles. The first kappa shape index (κ1) is 16.5. The van der Waals surface area contributed by atoms with E-state index in [1.54, 1.807) is 11.6 Å². The van der Waals surface area contributed by atoms with Gasteiger partial charge in [0.25, 0.3) is 0 Å². The fraction of sp³-hybridized carbons (Fsp3) is 0.440. The molecule has 1 spiro atoms. The summed E-state index contributed by atoms with van der Waals surface area (Å²) >= 11 is 0. The zero-order valence-corrected chi connectivity index (χ0v) is 16.2. The molecular weight excluding hydrogens is 344 g/mol. The maximum atomic E-state index is 12.2.